The summed E-state index contributed by atoms with van der Waals surface area (Å²) in [6.07, 6.45) is 3.36. The van der Waals surface area contributed by atoms with Gasteiger partial charge in [-0.15, -0.1) is 0 Å². The molecule has 2 aliphatic rings. The van der Waals surface area contributed by atoms with Crippen molar-refractivity contribution in [3.8, 4) is 5.75 Å². The van der Waals surface area contributed by atoms with E-state index in [0.717, 1.165) is 25.7 Å². The molecule has 1 aromatic rings. The predicted octanol–water partition coefficient (Wildman–Crippen LogP) is 1.34. The molecule has 2 fully saturated rings. The third kappa shape index (κ3) is 2.21. The summed E-state index contributed by atoms with van der Waals surface area (Å²) in [7, 11) is -1.92. The predicted molar refractivity (Wildman–Crippen MR) is 76.0 cm³/mol. The molecule has 0 saturated carbocycles. The molecule has 0 aliphatic carbocycles. The van der Waals surface area contributed by atoms with E-state index >= 15 is 0 Å². The topological polar surface area (TPSA) is 72.6 Å². The van der Waals surface area contributed by atoms with E-state index in [2.05, 4.69) is 0 Å². The first-order valence-electron chi connectivity index (χ1n) is 6.95. The highest BCUT2D eigenvalue weighted by Crippen LogP contribution is 2.39. The first-order chi connectivity index (χ1) is 9.52. The molecule has 2 saturated heterocycles. The van der Waals surface area contributed by atoms with E-state index in [4.69, 9.17) is 10.5 Å². The fourth-order valence-electron chi connectivity index (χ4n) is 3.45. The average Bonchev–Trinajstić information content (AvgIpc) is 2.72. The van der Waals surface area contributed by atoms with Gasteiger partial charge in [0, 0.05) is 24.2 Å². The number of piperidine rings is 1. The molecule has 2 bridgehead atoms. The van der Waals surface area contributed by atoms with Crippen LogP contribution in [-0.4, -0.2) is 38.0 Å². The van der Waals surface area contributed by atoms with Crippen LogP contribution in [0.2, 0.25) is 0 Å². The highest BCUT2D eigenvalue weighted by atomic mass is 32.2. The molecule has 5 nitrogen and oxygen atoms in total. The van der Waals surface area contributed by atoms with Gasteiger partial charge in [-0.05, 0) is 37.8 Å². The van der Waals surface area contributed by atoms with E-state index in [0.29, 0.717) is 10.6 Å². The zero-order valence-corrected chi connectivity index (χ0v) is 12.3. The van der Waals surface area contributed by atoms with Crippen molar-refractivity contribution in [2.75, 3.05) is 7.11 Å². The van der Waals surface area contributed by atoms with Gasteiger partial charge in [0.15, 0.2) is 0 Å². The van der Waals surface area contributed by atoms with Crippen LogP contribution in [0.15, 0.2) is 29.2 Å². The van der Waals surface area contributed by atoms with Crippen LogP contribution < -0.4 is 10.5 Å². The second kappa shape index (κ2) is 5.02. The number of hydrogen-bond donors (Lipinski definition) is 1. The van der Waals surface area contributed by atoms with Crippen LogP contribution >= 0.6 is 0 Å². The van der Waals surface area contributed by atoms with Gasteiger partial charge in [-0.2, -0.15) is 4.31 Å². The molecule has 6 heteroatoms. The number of rotatable bonds is 3. The smallest absolute Gasteiger partial charge is 0.243 e. The van der Waals surface area contributed by atoms with Gasteiger partial charge in [0.1, 0.15) is 5.75 Å². The van der Waals surface area contributed by atoms with Crippen molar-refractivity contribution in [2.24, 2.45) is 5.73 Å². The van der Waals surface area contributed by atoms with Crippen LogP contribution in [0.25, 0.3) is 0 Å². The number of methoxy groups -OCH3 is 1. The maximum atomic E-state index is 12.9. The maximum absolute atomic E-state index is 12.9. The summed E-state index contributed by atoms with van der Waals surface area (Å²) in [6, 6.07) is 6.92. The van der Waals surface area contributed by atoms with Crippen LogP contribution in [0.4, 0.5) is 0 Å². The lowest BCUT2D eigenvalue weighted by Gasteiger charge is -2.36. The van der Waals surface area contributed by atoms with Crippen molar-refractivity contribution in [3.05, 3.63) is 24.3 Å². The minimum Gasteiger partial charge on any atom is -0.497 e. The molecule has 110 valence electrons. The lowest BCUT2D eigenvalue weighted by atomic mass is 10.0. The average molecular weight is 296 g/mol. The molecule has 0 spiro atoms. The quantitative estimate of drug-likeness (QED) is 0.913. The van der Waals surface area contributed by atoms with Gasteiger partial charge >= 0.3 is 0 Å². The molecule has 20 heavy (non-hydrogen) atoms. The summed E-state index contributed by atoms with van der Waals surface area (Å²) in [4.78, 5) is 0.309. The molecule has 0 amide bonds. The number of ether oxygens (including phenoxy) is 1. The Morgan fingerprint density at radius 2 is 1.90 bits per heavy atom. The summed E-state index contributed by atoms with van der Waals surface area (Å²) >= 11 is 0. The van der Waals surface area contributed by atoms with Gasteiger partial charge in [-0.3, -0.25) is 0 Å². The zero-order chi connectivity index (χ0) is 14.3. The molecule has 1 aromatic carbocycles. The molecule has 0 aromatic heterocycles. The third-order valence-corrected chi connectivity index (χ3v) is 6.32. The van der Waals surface area contributed by atoms with E-state index in [1.54, 1.807) is 28.6 Å². The SMILES string of the molecule is COc1cccc(S(=O)(=O)N2C3CCC2CC(N)C3)c1. The Bertz CT molecular complexity index is 588. The molecule has 2 unspecified atom stereocenters. The van der Waals surface area contributed by atoms with Gasteiger partial charge in [-0.25, -0.2) is 8.42 Å². The number of fused-ring (bicyclic) bond motifs is 2. The van der Waals surface area contributed by atoms with E-state index in [-0.39, 0.29) is 18.1 Å². The van der Waals surface area contributed by atoms with E-state index in [1.807, 2.05) is 0 Å². The Balaban J connectivity index is 1.96. The summed E-state index contributed by atoms with van der Waals surface area (Å²) in [5.41, 5.74) is 6.00. The standard InChI is InChI=1S/C14H20N2O3S/c1-19-13-3-2-4-14(9-13)20(17,18)16-11-5-6-12(16)8-10(15)7-11/h2-4,9-12H,5-8,15H2,1H3. The second-order valence-electron chi connectivity index (χ2n) is 5.63. The lowest BCUT2D eigenvalue weighted by Crippen LogP contribution is -2.49. The Hall–Kier alpha value is -1.11. The molecule has 2 heterocycles. The fraction of sp³-hybridized carbons (Fsp3) is 0.571. The summed E-state index contributed by atoms with van der Waals surface area (Å²) < 4.78 is 32.5. The minimum atomic E-state index is -3.46. The number of nitrogens with two attached hydrogens (primary N) is 1. The van der Waals surface area contributed by atoms with Gasteiger partial charge in [-0.1, -0.05) is 6.07 Å². The zero-order valence-electron chi connectivity index (χ0n) is 11.5. The van der Waals surface area contributed by atoms with Crippen molar-refractivity contribution in [1.29, 1.82) is 0 Å². The number of sulfonamides is 1. The van der Waals surface area contributed by atoms with Crippen molar-refractivity contribution >= 4 is 10.0 Å². The minimum absolute atomic E-state index is 0.0555. The van der Waals surface area contributed by atoms with Crippen molar-refractivity contribution < 1.29 is 13.2 Å². The summed E-state index contributed by atoms with van der Waals surface area (Å²) in [6.45, 7) is 0. The van der Waals surface area contributed by atoms with Crippen LogP contribution in [-0.2, 0) is 10.0 Å². The molecule has 2 aliphatic heterocycles. The number of benzene rings is 1. The Labute approximate surface area is 119 Å². The third-order valence-electron chi connectivity index (χ3n) is 4.32. The molecular weight excluding hydrogens is 276 g/mol. The number of hydrogen-bond acceptors (Lipinski definition) is 4. The first-order valence-corrected chi connectivity index (χ1v) is 8.39. The van der Waals surface area contributed by atoms with Gasteiger partial charge in [0.2, 0.25) is 10.0 Å². The lowest BCUT2D eigenvalue weighted by molar-refractivity contribution is 0.227. The highest BCUT2D eigenvalue weighted by Gasteiger charge is 2.46. The Morgan fingerprint density at radius 3 is 2.50 bits per heavy atom. The molecule has 3 rings (SSSR count). The Kier molecular flexibility index (Phi) is 3.48. The molecule has 2 atom stereocenters. The van der Waals surface area contributed by atoms with E-state index in [1.165, 1.54) is 7.11 Å². The molecular formula is C14H20N2O3S. The first kappa shape index (κ1) is 13.9. The largest absolute Gasteiger partial charge is 0.497 e. The fourth-order valence-corrected chi connectivity index (χ4v) is 5.38. The summed E-state index contributed by atoms with van der Waals surface area (Å²) in [5.74, 6) is 0.562. The second-order valence-corrected chi connectivity index (χ2v) is 7.47. The summed E-state index contributed by atoms with van der Waals surface area (Å²) in [5, 5.41) is 0. The van der Waals surface area contributed by atoms with Crippen LogP contribution in [0.3, 0.4) is 0 Å². The maximum Gasteiger partial charge on any atom is 0.243 e. The van der Waals surface area contributed by atoms with E-state index < -0.39 is 10.0 Å². The van der Waals surface area contributed by atoms with Crippen LogP contribution in [0, 0.1) is 0 Å². The van der Waals surface area contributed by atoms with Gasteiger partial charge in [0.05, 0.1) is 12.0 Å². The van der Waals surface area contributed by atoms with Crippen molar-refractivity contribution in [1.82, 2.24) is 4.31 Å². The Morgan fingerprint density at radius 1 is 1.25 bits per heavy atom. The van der Waals surface area contributed by atoms with E-state index in [9.17, 15) is 8.42 Å². The van der Waals surface area contributed by atoms with Gasteiger partial charge in [0.25, 0.3) is 0 Å². The highest BCUT2D eigenvalue weighted by molar-refractivity contribution is 7.89. The monoisotopic (exact) mass is 296 g/mol. The molecule has 0 radical (unpaired) electrons. The van der Waals surface area contributed by atoms with Crippen molar-refractivity contribution in [2.45, 2.75) is 48.7 Å². The van der Waals surface area contributed by atoms with Crippen molar-refractivity contribution in [3.63, 3.8) is 0 Å². The van der Waals surface area contributed by atoms with Gasteiger partial charge < -0.3 is 10.5 Å². The normalized spacial score (nSPS) is 30.4. The number of nitrogens with zero attached hydrogens (tertiary/aromatic N) is 1. The van der Waals surface area contributed by atoms with Crippen LogP contribution in [0.1, 0.15) is 25.7 Å². The molecule has 2 N–H and O–H groups in total. The van der Waals surface area contributed by atoms with Crippen LogP contribution in [0.5, 0.6) is 5.75 Å².